The van der Waals surface area contributed by atoms with Crippen molar-refractivity contribution in [3.05, 3.63) is 45.9 Å². The van der Waals surface area contributed by atoms with Crippen LogP contribution in [0.1, 0.15) is 10.4 Å². The smallest absolute Gasteiger partial charge is 0.259 e. The molecule has 0 saturated carbocycles. The molecule has 0 aliphatic rings. The lowest BCUT2D eigenvalue weighted by Gasteiger charge is -2.13. The number of nitrogen functional groups attached to an aromatic ring is 1. The Labute approximate surface area is 137 Å². The number of carbonyl (C=O) groups is 1. The Kier molecular flexibility index (Phi) is 5.00. The van der Waals surface area contributed by atoms with Gasteiger partial charge in [0.1, 0.15) is 11.5 Å². The van der Waals surface area contributed by atoms with Gasteiger partial charge in [-0.25, -0.2) is 0 Å². The molecule has 0 fully saturated rings. The predicted molar refractivity (Wildman–Crippen MR) is 88.4 cm³/mol. The van der Waals surface area contributed by atoms with Gasteiger partial charge < -0.3 is 20.5 Å². The highest BCUT2D eigenvalue weighted by Crippen LogP contribution is 2.33. The van der Waals surface area contributed by atoms with E-state index >= 15 is 0 Å². The average molecular weight is 341 g/mol. The molecule has 22 heavy (non-hydrogen) atoms. The van der Waals surface area contributed by atoms with Crippen molar-refractivity contribution < 1.29 is 14.3 Å². The van der Waals surface area contributed by atoms with Gasteiger partial charge in [-0.2, -0.15) is 0 Å². The molecule has 0 bridgehead atoms. The largest absolute Gasteiger partial charge is 0.497 e. The molecule has 0 spiro atoms. The van der Waals surface area contributed by atoms with Crippen molar-refractivity contribution in [2.24, 2.45) is 0 Å². The Morgan fingerprint density at radius 2 is 1.86 bits per heavy atom. The maximum absolute atomic E-state index is 12.4. The predicted octanol–water partition coefficient (Wildman–Crippen LogP) is 3.85. The quantitative estimate of drug-likeness (QED) is 0.829. The number of hydrogen-bond acceptors (Lipinski definition) is 4. The van der Waals surface area contributed by atoms with Crippen molar-refractivity contribution in [1.29, 1.82) is 0 Å². The number of methoxy groups -OCH3 is 2. The summed E-state index contributed by atoms with van der Waals surface area (Å²) in [6.07, 6.45) is 0. The van der Waals surface area contributed by atoms with Gasteiger partial charge in [-0.1, -0.05) is 23.2 Å². The zero-order valence-electron chi connectivity index (χ0n) is 11.9. The summed E-state index contributed by atoms with van der Waals surface area (Å²) in [5.41, 5.74) is 6.92. The van der Waals surface area contributed by atoms with Gasteiger partial charge >= 0.3 is 0 Å². The zero-order valence-corrected chi connectivity index (χ0v) is 13.5. The monoisotopic (exact) mass is 340 g/mol. The van der Waals surface area contributed by atoms with Gasteiger partial charge in [-0.15, -0.1) is 0 Å². The van der Waals surface area contributed by atoms with Crippen LogP contribution in [0.2, 0.25) is 10.0 Å². The topological polar surface area (TPSA) is 73.6 Å². The van der Waals surface area contributed by atoms with Gasteiger partial charge in [0, 0.05) is 11.1 Å². The molecule has 2 aromatic carbocycles. The van der Waals surface area contributed by atoms with E-state index in [-0.39, 0.29) is 16.3 Å². The molecule has 5 nitrogen and oxygen atoms in total. The third-order valence-corrected chi connectivity index (χ3v) is 3.46. The van der Waals surface area contributed by atoms with Crippen molar-refractivity contribution in [3.8, 4) is 11.5 Å². The third kappa shape index (κ3) is 3.37. The number of ether oxygens (including phenoxy) is 2. The van der Waals surface area contributed by atoms with Gasteiger partial charge in [0.15, 0.2) is 0 Å². The van der Waals surface area contributed by atoms with Crippen LogP contribution in [0.4, 0.5) is 11.4 Å². The molecule has 3 N–H and O–H groups in total. The van der Waals surface area contributed by atoms with Crippen LogP contribution >= 0.6 is 23.2 Å². The highest BCUT2D eigenvalue weighted by Gasteiger charge is 2.17. The van der Waals surface area contributed by atoms with Crippen LogP contribution in [-0.2, 0) is 0 Å². The Hall–Kier alpha value is -2.11. The van der Waals surface area contributed by atoms with E-state index in [0.29, 0.717) is 22.1 Å². The summed E-state index contributed by atoms with van der Waals surface area (Å²) < 4.78 is 10.2. The summed E-state index contributed by atoms with van der Waals surface area (Å²) in [5.74, 6) is 0.410. The molecule has 1 amide bonds. The lowest BCUT2D eigenvalue weighted by Crippen LogP contribution is -2.14. The highest BCUT2D eigenvalue weighted by atomic mass is 35.5. The van der Waals surface area contributed by atoms with Crippen molar-refractivity contribution >= 4 is 40.5 Å². The molecule has 116 valence electrons. The number of halogens is 2. The molecule has 0 aliphatic carbocycles. The molecule has 0 heterocycles. The normalized spacial score (nSPS) is 10.2. The number of carbonyl (C=O) groups excluding carboxylic acids is 1. The van der Waals surface area contributed by atoms with Crippen LogP contribution in [0, 0.1) is 0 Å². The molecule has 2 aromatic rings. The minimum Gasteiger partial charge on any atom is -0.497 e. The minimum absolute atomic E-state index is 0.218. The molecular weight excluding hydrogens is 327 g/mol. The minimum atomic E-state index is -0.432. The first-order valence-electron chi connectivity index (χ1n) is 6.24. The van der Waals surface area contributed by atoms with E-state index in [0.717, 1.165) is 0 Å². The molecule has 0 aromatic heterocycles. The highest BCUT2D eigenvalue weighted by molar-refractivity contribution is 6.36. The first kappa shape index (κ1) is 16.3. The fraction of sp³-hybridized carbons (Fsp3) is 0.133. The summed E-state index contributed by atoms with van der Waals surface area (Å²) >= 11 is 12.0. The van der Waals surface area contributed by atoms with E-state index in [1.165, 1.54) is 26.4 Å². The summed E-state index contributed by atoms with van der Waals surface area (Å²) in [5, 5.41) is 3.27. The van der Waals surface area contributed by atoms with E-state index in [1.807, 2.05) is 0 Å². The van der Waals surface area contributed by atoms with Crippen molar-refractivity contribution in [2.45, 2.75) is 0 Å². The summed E-state index contributed by atoms with van der Waals surface area (Å²) in [6.45, 7) is 0. The third-order valence-electron chi connectivity index (χ3n) is 2.96. The number of nitrogens with one attached hydrogen (secondary N) is 1. The lowest BCUT2D eigenvalue weighted by atomic mass is 10.1. The summed E-state index contributed by atoms with van der Waals surface area (Å²) in [6, 6.07) is 7.92. The maximum atomic E-state index is 12.4. The SMILES string of the molecule is COc1ccc(NC(=O)c2cc(Cl)cc(Cl)c2OC)c(N)c1. The first-order chi connectivity index (χ1) is 10.5. The second kappa shape index (κ2) is 6.77. The molecule has 0 unspecified atom stereocenters. The standard InChI is InChI=1S/C15H14Cl2N2O3/c1-21-9-3-4-13(12(18)7-9)19-15(20)10-5-8(16)6-11(17)14(10)22-2/h3-7H,18H2,1-2H3,(H,19,20). The van der Waals surface area contributed by atoms with Gasteiger partial charge in [0.05, 0.1) is 36.2 Å². The number of rotatable bonds is 4. The van der Waals surface area contributed by atoms with E-state index < -0.39 is 5.91 Å². The van der Waals surface area contributed by atoms with E-state index in [4.69, 9.17) is 38.4 Å². The molecule has 7 heteroatoms. The fourth-order valence-electron chi connectivity index (χ4n) is 1.91. The number of anilines is 2. The fourth-order valence-corrected chi connectivity index (χ4v) is 2.48. The summed E-state index contributed by atoms with van der Waals surface area (Å²) in [7, 11) is 2.96. The van der Waals surface area contributed by atoms with Crippen LogP contribution in [0.25, 0.3) is 0 Å². The van der Waals surface area contributed by atoms with Gasteiger partial charge in [-0.3, -0.25) is 4.79 Å². The molecule has 0 radical (unpaired) electrons. The van der Waals surface area contributed by atoms with E-state index in [2.05, 4.69) is 5.32 Å². The van der Waals surface area contributed by atoms with Crippen molar-refractivity contribution in [2.75, 3.05) is 25.3 Å². The molecule has 0 aliphatic heterocycles. The van der Waals surface area contributed by atoms with Crippen LogP contribution in [0.15, 0.2) is 30.3 Å². The Morgan fingerprint density at radius 1 is 1.14 bits per heavy atom. The maximum Gasteiger partial charge on any atom is 0.259 e. The van der Waals surface area contributed by atoms with Gasteiger partial charge in [-0.05, 0) is 24.3 Å². The van der Waals surface area contributed by atoms with Crippen molar-refractivity contribution in [3.63, 3.8) is 0 Å². The van der Waals surface area contributed by atoms with Gasteiger partial charge in [0.25, 0.3) is 5.91 Å². The van der Waals surface area contributed by atoms with Crippen LogP contribution in [0.3, 0.4) is 0 Å². The summed E-state index contributed by atoms with van der Waals surface area (Å²) in [4.78, 5) is 12.4. The number of nitrogens with two attached hydrogens (primary N) is 1. The second-order valence-corrected chi connectivity index (χ2v) is 5.22. The molecular formula is C15H14Cl2N2O3. The number of hydrogen-bond donors (Lipinski definition) is 2. The van der Waals surface area contributed by atoms with Crippen LogP contribution in [0.5, 0.6) is 11.5 Å². The first-order valence-corrected chi connectivity index (χ1v) is 6.99. The number of amides is 1. The second-order valence-electron chi connectivity index (χ2n) is 4.38. The Morgan fingerprint density at radius 3 is 2.45 bits per heavy atom. The van der Waals surface area contributed by atoms with E-state index in [9.17, 15) is 4.79 Å². The lowest BCUT2D eigenvalue weighted by molar-refractivity contribution is 0.102. The van der Waals surface area contributed by atoms with Crippen LogP contribution in [-0.4, -0.2) is 20.1 Å². The molecule has 0 saturated heterocycles. The average Bonchev–Trinajstić information content (AvgIpc) is 2.48. The molecule has 0 atom stereocenters. The Balaban J connectivity index is 2.34. The zero-order chi connectivity index (χ0) is 16.3. The Bertz CT molecular complexity index is 720. The van der Waals surface area contributed by atoms with Crippen LogP contribution < -0.4 is 20.5 Å². The van der Waals surface area contributed by atoms with E-state index in [1.54, 1.807) is 18.2 Å². The van der Waals surface area contributed by atoms with Crippen molar-refractivity contribution in [1.82, 2.24) is 0 Å². The number of benzene rings is 2. The van der Waals surface area contributed by atoms with Gasteiger partial charge in [0.2, 0.25) is 0 Å². The molecule has 2 rings (SSSR count).